The summed E-state index contributed by atoms with van der Waals surface area (Å²) in [6.07, 6.45) is 1.72. The number of amides is 1. The van der Waals surface area contributed by atoms with Gasteiger partial charge < -0.3 is 5.32 Å². The second-order valence-electron chi connectivity index (χ2n) is 8.19. The highest BCUT2D eigenvalue weighted by Gasteiger charge is 2.40. The number of alkyl halides is 3. The van der Waals surface area contributed by atoms with Crippen molar-refractivity contribution in [1.82, 2.24) is 9.78 Å². The molecule has 164 valence electrons. The molecule has 0 saturated heterocycles. The van der Waals surface area contributed by atoms with Gasteiger partial charge in [-0.05, 0) is 36.5 Å². The maximum atomic E-state index is 13.5. The van der Waals surface area contributed by atoms with Gasteiger partial charge >= 0.3 is 6.18 Å². The first-order valence-electron chi connectivity index (χ1n) is 9.64. The molecule has 30 heavy (non-hydrogen) atoms. The van der Waals surface area contributed by atoms with Crippen LogP contribution in [0.25, 0.3) is 0 Å². The van der Waals surface area contributed by atoms with Gasteiger partial charge in [-0.2, -0.15) is 18.3 Å². The Bertz CT molecular complexity index is 1040. The van der Waals surface area contributed by atoms with Crippen LogP contribution in [0.2, 0.25) is 0 Å². The molecule has 1 aliphatic carbocycles. The highest BCUT2D eigenvalue weighted by molar-refractivity contribution is 7.90. The Kier molecular flexibility index (Phi) is 5.99. The SMILES string of the molecule is CC1(Cn2ncc(C(F)(F)F)c2C(=O)Nc2cccc(S(C)(=O)=O)c2)CCCCC1. The Morgan fingerprint density at radius 2 is 1.90 bits per heavy atom. The number of nitrogens with zero attached hydrogens (tertiary/aromatic N) is 2. The highest BCUT2D eigenvalue weighted by Crippen LogP contribution is 2.39. The van der Waals surface area contributed by atoms with E-state index >= 15 is 0 Å². The zero-order chi connectivity index (χ0) is 22.2. The van der Waals surface area contributed by atoms with E-state index in [9.17, 15) is 26.4 Å². The molecule has 0 spiro atoms. The van der Waals surface area contributed by atoms with Gasteiger partial charge in [-0.15, -0.1) is 0 Å². The van der Waals surface area contributed by atoms with E-state index in [0.29, 0.717) is 6.20 Å². The normalized spacial score (nSPS) is 17.0. The summed E-state index contributed by atoms with van der Waals surface area (Å²) in [5, 5.41) is 6.28. The van der Waals surface area contributed by atoms with Crippen molar-refractivity contribution < 1.29 is 26.4 Å². The van der Waals surface area contributed by atoms with E-state index in [1.807, 2.05) is 6.92 Å². The molecule has 1 saturated carbocycles. The molecule has 1 aromatic heterocycles. The van der Waals surface area contributed by atoms with Crippen molar-refractivity contribution in [3.63, 3.8) is 0 Å². The van der Waals surface area contributed by atoms with Crippen LogP contribution in [-0.2, 0) is 22.6 Å². The molecular formula is C20H24F3N3O3S. The number of hydrogen-bond donors (Lipinski definition) is 1. The summed E-state index contributed by atoms with van der Waals surface area (Å²) in [6, 6.07) is 5.39. The number of benzene rings is 1. The van der Waals surface area contributed by atoms with Gasteiger partial charge in [-0.1, -0.05) is 32.3 Å². The quantitative estimate of drug-likeness (QED) is 0.736. The number of carbonyl (C=O) groups is 1. The van der Waals surface area contributed by atoms with E-state index in [2.05, 4.69) is 10.4 Å². The molecule has 0 radical (unpaired) electrons. The lowest BCUT2D eigenvalue weighted by Crippen LogP contribution is -2.30. The Morgan fingerprint density at radius 1 is 1.23 bits per heavy atom. The Hall–Kier alpha value is -2.36. The number of sulfone groups is 1. The molecule has 2 aromatic rings. The summed E-state index contributed by atoms with van der Waals surface area (Å²) in [5.74, 6) is -0.982. The van der Waals surface area contributed by atoms with Gasteiger partial charge in [0.15, 0.2) is 9.84 Å². The summed E-state index contributed by atoms with van der Waals surface area (Å²) >= 11 is 0. The van der Waals surface area contributed by atoms with Crippen LogP contribution in [0.4, 0.5) is 18.9 Å². The van der Waals surface area contributed by atoms with Crippen LogP contribution < -0.4 is 5.32 Å². The molecule has 0 bridgehead atoms. The molecule has 1 fully saturated rings. The fourth-order valence-corrected chi connectivity index (χ4v) is 4.54. The van der Waals surface area contributed by atoms with E-state index in [0.717, 1.165) is 43.0 Å². The van der Waals surface area contributed by atoms with E-state index in [4.69, 9.17) is 0 Å². The van der Waals surface area contributed by atoms with Crippen LogP contribution in [0.5, 0.6) is 0 Å². The molecular weight excluding hydrogens is 419 g/mol. The van der Waals surface area contributed by atoms with Crippen molar-refractivity contribution in [3.05, 3.63) is 41.7 Å². The Labute approximate surface area is 173 Å². The summed E-state index contributed by atoms with van der Waals surface area (Å²) in [7, 11) is -3.53. The minimum Gasteiger partial charge on any atom is -0.321 e. The topological polar surface area (TPSA) is 81.1 Å². The third kappa shape index (κ3) is 5.03. The van der Waals surface area contributed by atoms with Gasteiger partial charge in [0, 0.05) is 18.5 Å². The molecule has 1 amide bonds. The average Bonchev–Trinajstić information content (AvgIpc) is 3.05. The summed E-state index contributed by atoms with van der Waals surface area (Å²) in [6.45, 7) is 2.20. The predicted molar refractivity (Wildman–Crippen MR) is 106 cm³/mol. The molecule has 1 heterocycles. The number of rotatable bonds is 5. The zero-order valence-corrected chi connectivity index (χ0v) is 17.6. The lowest BCUT2D eigenvalue weighted by Gasteiger charge is -2.33. The molecule has 0 atom stereocenters. The van der Waals surface area contributed by atoms with Gasteiger partial charge in [0.05, 0.1) is 11.1 Å². The van der Waals surface area contributed by atoms with Gasteiger partial charge in [0.1, 0.15) is 11.3 Å². The summed E-state index contributed by atoms with van der Waals surface area (Å²) < 4.78 is 65.2. The number of nitrogens with one attached hydrogen (secondary N) is 1. The lowest BCUT2D eigenvalue weighted by atomic mass is 9.76. The fraction of sp³-hybridized carbons (Fsp3) is 0.500. The standard InChI is InChI=1S/C20H24F3N3O3S/c1-19(9-4-3-5-10-19)13-26-17(16(12-24-26)20(21,22)23)18(27)25-14-7-6-8-15(11-14)30(2,28)29/h6-8,11-12H,3-5,9-10,13H2,1-2H3,(H,25,27). The minimum absolute atomic E-state index is 0.0421. The van der Waals surface area contributed by atoms with Gasteiger partial charge in [-0.25, -0.2) is 8.42 Å². The molecule has 6 nitrogen and oxygen atoms in total. The highest BCUT2D eigenvalue weighted by atomic mass is 32.2. The summed E-state index contributed by atoms with van der Waals surface area (Å²) in [5.41, 5.74) is -1.83. The zero-order valence-electron chi connectivity index (χ0n) is 16.8. The fourth-order valence-electron chi connectivity index (χ4n) is 3.87. The number of halogens is 3. The molecule has 10 heteroatoms. The first-order valence-corrected chi connectivity index (χ1v) is 11.5. The monoisotopic (exact) mass is 443 g/mol. The van der Waals surface area contributed by atoms with E-state index in [1.165, 1.54) is 24.3 Å². The van der Waals surface area contributed by atoms with Gasteiger partial charge in [0.2, 0.25) is 0 Å². The Balaban J connectivity index is 1.95. The van der Waals surface area contributed by atoms with Crippen LogP contribution in [0.3, 0.4) is 0 Å². The van der Waals surface area contributed by atoms with Crippen molar-refractivity contribution in [3.8, 4) is 0 Å². The smallest absolute Gasteiger partial charge is 0.321 e. The molecule has 1 aromatic carbocycles. The van der Waals surface area contributed by atoms with Crippen molar-refractivity contribution >= 4 is 21.4 Å². The van der Waals surface area contributed by atoms with Crippen molar-refractivity contribution in [2.75, 3.05) is 11.6 Å². The van der Waals surface area contributed by atoms with Gasteiger partial charge in [0.25, 0.3) is 5.91 Å². The van der Waals surface area contributed by atoms with Crippen LogP contribution in [-0.4, -0.2) is 30.4 Å². The number of anilines is 1. The molecule has 1 aliphatic rings. The predicted octanol–water partition coefficient (Wildman–Crippen LogP) is 4.53. The maximum absolute atomic E-state index is 13.5. The molecule has 1 N–H and O–H groups in total. The van der Waals surface area contributed by atoms with Crippen molar-refractivity contribution in [2.45, 2.75) is 56.6 Å². The summed E-state index contributed by atoms with van der Waals surface area (Å²) in [4.78, 5) is 12.8. The van der Waals surface area contributed by atoms with Crippen molar-refractivity contribution in [2.24, 2.45) is 5.41 Å². The maximum Gasteiger partial charge on any atom is 0.420 e. The molecule has 0 unspecified atom stereocenters. The third-order valence-corrected chi connectivity index (χ3v) is 6.58. The first-order chi connectivity index (χ1) is 13.9. The largest absolute Gasteiger partial charge is 0.420 e. The number of hydrogen-bond acceptors (Lipinski definition) is 4. The molecule has 3 rings (SSSR count). The van der Waals surface area contributed by atoms with Crippen LogP contribution >= 0.6 is 0 Å². The third-order valence-electron chi connectivity index (χ3n) is 5.47. The van der Waals surface area contributed by atoms with Crippen LogP contribution in [0.15, 0.2) is 35.4 Å². The van der Waals surface area contributed by atoms with Crippen molar-refractivity contribution in [1.29, 1.82) is 0 Å². The number of carbonyl (C=O) groups excluding carboxylic acids is 1. The first kappa shape index (κ1) is 22.3. The average molecular weight is 443 g/mol. The molecule has 0 aliphatic heterocycles. The van der Waals surface area contributed by atoms with E-state index < -0.39 is 33.2 Å². The number of aromatic nitrogens is 2. The Morgan fingerprint density at radius 3 is 2.50 bits per heavy atom. The van der Waals surface area contributed by atoms with Crippen LogP contribution in [0, 0.1) is 5.41 Å². The second-order valence-corrected chi connectivity index (χ2v) is 10.2. The van der Waals surface area contributed by atoms with Crippen LogP contribution in [0.1, 0.15) is 55.1 Å². The lowest BCUT2D eigenvalue weighted by molar-refractivity contribution is -0.138. The second kappa shape index (κ2) is 8.05. The van der Waals surface area contributed by atoms with Gasteiger partial charge in [-0.3, -0.25) is 9.48 Å². The van der Waals surface area contributed by atoms with E-state index in [1.54, 1.807) is 0 Å². The minimum atomic E-state index is -4.74. The van der Waals surface area contributed by atoms with E-state index in [-0.39, 0.29) is 22.5 Å².